The lowest BCUT2D eigenvalue weighted by atomic mass is 10.1. The summed E-state index contributed by atoms with van der Waals surface area (Å²) >= 11 is 4.39. The van der Waals surface area contributed by atoms with E-state index in [4.69, 9.17) is 0 Å². The number of carbonyl (C=O) groups excluding carboxylic acids is 1. The van der Waals surface area contributed by atoms with Crippen molar-refractivity contribution >= 4 is 18.5 Å². The van der Waals surface area contributed by atoms with Gasteiger partial charge in [0.25, 0.3) is 0 Å². The summed E-state index contributed by atoms with van der Waals surface area (Å²) in [7, 11) is 0. The first-order valence-corrected chi connectivity index (χ1v) is 6.66. The van der Waals surface area contributed by atoms with Crippen molar-refractivity contribution in [1.82, 2.24) is 9.80 Å². The Bertz CT molecular complexity index is 235. The molecule has 1 rings (SSSR count). The maximum Gasteiger partial charge on any atom is 0.235 e. The van der Waals surface area contributed by atoms with E-state index in [0.29, 0.717) is 12.0 Å². The van der Waals surface area contributed by atoms with Crippen molar-refractivity contribution in [2.24, 2.45) is 5.92 Å². The normalized spacial score (nSPS) is 20.6. The quantitative estimate of drug-likeness (QED) is 0.761. The van der Waals surface area contributed by atoms with Crippen LogP contribution in [-0.2, 0) is 4.79 Å². The van der Waals surface area contributed by atoms with Crippen LogP contribution in [0.5, 0.6) is 0 Å². The van der Waals surface area contributed by atoms with Crippen LogP contribution in [0.1, 0.15) is 27.7 Å². The van der Waals surface area contributed by atoms with Crippen LogP contribution in [0.2, 0.25) is 0 Å². The number of piperazine rings is 1. The van der Waals surface area contributed by atoms with E-state index in [1.165, 1.54) is 0 Å². The minimum absolute atomic E-state index is 0.148. The molecule has 0 aliphatic carbocycles. The summed E-state index contributed by atoms with van der Waals surface area (Å²) in [6.07, 6.45) is 0. The van der Waals surface area contributed by atoms with Crippen LogP contribution in [0.15, 0.2) is 0 Å². The molecule has 4 heteroatoms. The molecule has 0 radical (unpaired) electrons. The van der Waals surface area contributed by atoms with E-state index in [0.717, 1.165) is 26.2 Å². The zero-order chi connectivity index (χ0) is 12.3. The highest BCUT2D eigenvalue weighted by Gasteiger charge is 2.27. The Morgan fingerprint density at radius 3 is 1.94 bits per heavy atom. The lowest BCUT2D eigenvalue weighted by molar-refractivity contribution is -0.133. The molecule has 0 spiro atoms. The van der Waals surface area contributed by atoms with Gasteiger partial charge in [0.2, 0.25) is 5.91 Å². The maximum absolute atomic E-state index is 12.0. The van der Waals surface area contributed by atoms with Gasteiger partial charge in [0.1, 0.15) is 0 Å². The molecule has 0 N–H and O–H groups in total. The van der Waals surface area contributed by atoms with Gasteiger partial charge >= 0.3 is 0 Å². The molecule has 1 aliphatic rings. The van der Waals surface area contributed by atoms with Crippen molar-refractivity contribution in [3.8, 4) is 0 Å². The first kappa shape index (κ1) is 13.8. The molecule has 0 saturated carbocycles. The number of hydrogen-bond acceptors (Lipinski definition) is 3. The molecule has 0 aromatic carbocycles. The van der Waals surface area contributed by atoms with Gasteiger partial charge in [0, 0.05) is 32.2 Å². The molecule has 1 heterocycles. The van der Waals surface area contributed by atoms with Crippen molar-refractivity contribution < 1.29 is 4.79 Å². The first-order valence-electron chi connectivity index (χ1n) is 6.14. The smallest absolute Gasteiger partial charge is 0.235 e. The number of carbonyl (C=O) groups is 1. The zero-order valence-corrected chi connectivity index (χ0v) is 11.7. The molecule has 1 unspecified atom stereocenters. The summed E-state index contributed by atoms with van der Waals surface area (Å²) in [5.74, 6) is 0.501. The van der Waals surface area contributed by atoms with Crippen LogP contribution in [0.3, 0.4) is 0 Å². The van der Waals surface area contributed by atoms with E-state index in [-0.39, 0.29) is 11.2 Å². The lowest BCUT2D eigenvalue weighted by Gasteiger charge is -2.38. The van der Waals surface area contributed by atoms with Gasteiger partial charge in [0.05, 0.1) is 5.25 Å². The van der Waals surface area contributed by atoms with Crippen LogP contribution in [0.25, 0.3) is 0 Å². The zero-order valence-electron chi connectivity index (χ0n) is 10.8. The van der Waals surface area contributed by atoms with Crippen LogP contribution in [0.4, 0.5) is 0 Å². The maximum atomic E-state index is 12.0. The van der Waals surface area contributed by atoms with Gasteiger partial charge in [-0.15, -0.1) is 0 Å². The average Bonchev–Trinajstić information content (AvgIpc) is 2.27. The third-order valence-electron chi connectivity index (χ3n) is 3.24. The van der Waals surface area contributed by atoms with Crippen molar-refractivity contribution in [2.45, 2.75) is 39.0 Å². The number of nitrogens with zero attached hydrogens (tertiary/aromatic N) is 2. The highest BCUT2D eigenvalue weighted by Crippen LogP contribution is 2.14. The summed E-state index contributed by atoms with van der Waals surface area (Å²) in [5.41, 5.74) is 0. The van der Waals surface area contributed by atoms with Gasteiger partial charge in [-0.3, -0.25) is 9.69 Å². The lowest BCUT2D eigenvalue weighted by Crippen LogP contribution is -2.52. The van der Waals surface area contributed by atoms with E-state index in [1.807, 2.05) is 18.7 Å². The minimum atomic E-state index is -0.148. The molecule has 1 saturated heterocycles. The Hall–Kier alpha value is -0.220. The van der Waals surface area contributed by atoms with Crippen LogP contribution < -0.4 is 0 Å². The highest BCUT2D eigenvalue weighted by molar-refractivity contribution is 7.81. The number of amides is 1. The summed E-state index contributed by atoms with van der Waals surface area (Å²) in [4.78, 5) is 16.4. The van der Waals surface area contributed by atoms with Crippen molar-refractivity contribution in [3.63, 3.8) is 0 Å². The molecule has 16 heavy (non-hydrogen) atoms. The van der Waals surface area contributed by atoms with E-state index >= 15 is 0 Å². The molecule has 0 aromatic rings. The number of thiol groups is 1. The second kappa shape index (κ2) is 5.92. The molecule has 3 nitrogen and oxygen atoms in total. The van der Waals surface area contributed by atoms with Gasteiger partial charge in [-0.05, 0) is 19.8 Å². The molecular weight excluding hydrogens is 220 g/mol. The standard InChI is InChI=1S/C12H24N2OS/c1-9(2)11(16)12(15)14-7-5-13(6-8-14)10(3)4/h9-11,16H,5-8H2,1-4H3. The third kappa shape index (κ3) is 3.39. The first-order chi connectivity index (χ1) is 7.43. The molecular formula is C12H24N2OS. The van der Waals surface area contributed by atoms with Gasteiger partial charge in [0.15, 0.2) is 0 Å². The van der Waals surface area contributed by atoms with Crippen molar-refractivity contribution in [1.29, 1.82) is 0 Å². The molecule has 1 amide bonds. The Morgan fingerprint density at radius 2 is 1.56 bits per heavy atom. The topological polar surface area (TPSA) is 23.6 Å². The second-order valence-electron chi connectivity index (χ2n) is 5.14. The molecule has 1 fully saturated rings. The van der Waals surface area contributed by atoms with Gasteiger partial charge in [-0.25, -0.2) is 0 Å². The summed E-state index contributed by atoms with van der Waals surface area (Å²) in [6.45, 7) is 12.2. The molecule has 0 bridgehead atoms. The average molecular weight is 244 g/mol. The molecule has 94 valence electrons. The van der Waals surface area contributed by atoms with E-state index < -0.39 is 0 Å². The fourth-order valence-electron chi connectivity index (χ4n) is 1.93. The molecule has 1 atom stereocenters. The van der Waals surface area contributed by atoms with Crippen molar-refractivity contribution in [3.05, 3.63) is 0 Å². The van der Waals surface area contributed by atoms with Crippen LogP contribution in [-0.4, -0.2) is 53.2 Å². The Balaban J connectivity index is 2.45. The SMILES string of the molecule is CC(C)C(S)C(=O)N1CCN(C(C)C)CC1. The van der Waals surface area contributed by atoms with Gasteiger partial charge in [-0.2, -0.15) is 12.6 Å². The second-order valence-corrected chi connectivity index (χ2v) is 5.70. The van der Waals surface area contributed by atoms with Crippen molar-refractivity contribution in [2.75, 3.05) is 26.2 Å². The Morgan fingerprint density at radius 1 is 1.06 bits per heavy atom. The monoisotopic (exact) mass is 244 g/mol. The van der Waals surface area contributed by atoms with E-state index in [9.17, 15) is 4.79 Å². The third-order valence-corrected chi connectivity index (χ3v) is 4.06. The minimum Gasteiger partial charge on any atom is -0.339 e. The van der Waals surface area contributed by atoms with Gasteiger partial charge in [-0.1, -0.05) is 13.8 Å². The fourth-order valence-corrected chi connectivity index (χ4v) is 2.09. The predicted octanol–water partition coefficient (Wildman–Crippen LogP) is 1.49. The Labute approximate surface area is 105 Å². The largest absolute Gasteiger partial charge is 0.339 e. The van der Waals surface area contributed by atoms with E-state index in [1.54, 1.807) is 0 Å². The van der Waals surface area contributed by atoms with Crippen LogP contribution in [0, 0.1) is 5.92 Å². The number of hydrogen-bond donors (Lipinski definition) is 1. The summed E-state index contributed by atoms with van der Waals surface area (Å²) in [6, 6.07) is 0.578. The highest BCUT2D eigenvalue weighted by atomic mass is 32.1. The Kier molecular flexibility index (Phi) is 5.12. The fraction of sp³-hybridized carbons (Fsp3) is 0.917. The van der Waals surface area contributed by atoms with E-state index in [2.05, 4.69) is 31.4 Å². The molecule has 0 aromatic heterocycles. The summed E-state index contributed by atoms with van der Waals surface area (Å²) in [5, 5.41) is -0.148. The summed E-state index contributed by atoms with van der Waals surface area (Å²) < 4.78 is 0. The van der Waals surface area contributed by atoms with Crippen LogP contribution >= 0.6 is 12.6 Å². The number of rotatable bonds is 3. The van der Waals surface area contributed by atoms with Gasteiger partial charge < -0.3 is 4.90 Å². The molecule has 1 aliphatic heterocycles. The predicted molar refractivity (Wildman–Crippen MR) is 70.9 cm³/mol.